The predicted octanol–water partition coefficient (Wildman–Crippen LogP) is 3.48. The quantitative estimate of drug-likeness (QED) is 0.102. The topological polar surface area (TPSA) is 122 Å². The molecule has 0 aliphatic heterocycles. The highest BCUT2D eigenvalue weighted by molar-refractivity contribution is 7.99. The van der Waals surface area contributed by atoms with Crippen LogP contribution in [-0.2, 0) is 14.4 Å². The molecule has 0 aromatic rings. The van der Waals surface area contributed by atoms with E-state index in [2.05, 4.69) is 51.2 Å². The summed E-state index contributed by atoms with van der Waals surface area (Å²) in [4.78, 5) is 34.1. The van der Waals surface area contributed by atoms with E-state index >= 15 is 0 Å². The lowest BCUT2D eigenvalue weighted by molar-refractivity contribution is -0.139. The number of thioether (sulfide) groups is 1. The predicted molar refractivity (Wildman–Crippen MR) is 124 cm³/mol. The van der Waals surface area contributed by atoms with Crippen LogP contribution in [0.4, 0.5) is 0 Å². The summed E-state index contributed by atoms with van der Waals surface area (Å²) in [5, 5.41) is 11.2. The van der Waals surface area contributed by atoms with E-state index in [0.717, 1.165) is 25.7 Å². The van der Waals surface area contributed by atoms with Gasteiger partial charge in [-0.15, -0.1) is 0 Å². The molecule has 30 heavy (non-hydrogen) atoms. The van der Waals surface area contributed by atoms with Gasteiger partial charge in [-0.2, -0.15) is 11.8 Å². The molecule has 0 radical (unpaired) electrons. The van der Waals surface area contributed by atoms with Crippen LogP contribution in [0.3, 0.4) is 0 Å². The van der Waals surface area contributed by atoms with Gasteiger partial charge in [0.25, 0.3) is 5.91 Å². The fourth-order valence-electron chi connectivity index (χ4n) is 2.50. The van der Waals surface area contributed by atoms with E-state index in [4.69, 9.17) is 10.9 Å². The van der Waals surface area contributed by atoms with Crippen LogP contribution >= 0.6 is 11.8 Å². The molecule has 0 saturated heterocycles. The number of carboxylic acid groups (broad SMARTS) is 1. The van der Waals surface area contributed by atoms with Crippen LogP contribution in [0.25, 0.3) is 0 Å². The number of rotatable bonds is 15. The molecular formula is C22H37N3O4S. The van der Waals surface area contributed by atoms with Crippen LogP contribution in [0, 0.1) is 0 Å². The maximum Gasteiger partial charge on any atom is 0.303 e. The number of carboxylic acids is 1. The number of nitrogens with two attached hydrogens (primary N) is 1. The second kappa shape index (κ2) is 16.7. The highest BCUT2D eigenvalue weighted by Crippen LogP contribution is 2.13. The molecule has 0 aliphatic carbocycles. The molecule has 0 aromatic heterocycles. The van der Waals surface area contributed by atoms with Crippen molar-refractivity contribution in [3.8, 4) is 0 Å². The van der Waals surface area contributed by atoms with Crippen molar-refractivity contribution in [1.82, 2.24) is 10.7 Å². The molecule has 0 rings (SSSR count). The number of aliphatic carboxylic acids is 1. The Hall–Kier alpha value is -2.06. The lowest BCUT2D eigenvalue weighted by atomic mass is 10.1. The first-order valence-corrected chi connectivity index (χ1v) is 11.3. The molecule has 170 valence electrons. The first-order valence-electron chi connectivity index (χ1n) is 10.2. The zero-order valence-electron chi connectivity index (χ0n) is 18.6. The van der Waals surface area contributed by atoms with Crippen LogP contribution in [-0.4, -0.2) is 40.4 Å². The Morgan fingerprint density at radius 3 is 2.10 bits per heavy atom. The van der Waals surface area contributed by atoms with Gasteiger partial charge in [0.15, 0.2) is 0 Å². The van der Waals surface area contributed by atoms with Gasteiger partial charge in [0, 0.05) is 17.9 Å². The molecule has 1 atom stereocenters. The largest absolute Gasteiger partial charge is 0.481 e. The fraction of sp³-hybridized carbons (Fsp3) is 0.591. The Labute approximate surface area is 184 Å². The maximum absolute atomic E-state index is 11.8. The molecule has 0 saturated carbocycles. The SMILES string of the molecule is CC(C)=CCC/C(C)=C/CC/C(C)=C/CSCC(NC(=O)CCC(=O)O)C(=O)NN. The summed E-state index contributed by atoms with van der Waals surface area (Å²) < 4.78 is 0. The van der Waals surface area contributed by atoms with Crippen molar-refractivity contribution >= 4 is 29.5 Å². The van der Waals surface area contributed by atoms with Crippen molar-refractivity contribution in [2.45, 2.75) is 72.3 Å². The van der Waals surface area contributed by atoms with E-state index in [9.17, 15) is 14.4 Å². The maximum atomic E-state index is 11.8. The summed E-state index contributed by atoms with van der Waals surface area (Å²) in [6.07, 6.45) is 10.4. The second-order valence-corrected chi connectivity index (χ2v) is 8.59. The minimum Gasteiger partial charge on any atom is -0.481 e. The van der Waals surface area contributed by atoms with Crippen molar-refractivity contribution in [3.05, 3.63) is 34.9 Å². The number of hydrogen-bond acceptors (Lipinski definition) is 5. The standard InChI is InChI=1S/C22H37N3O4S/c1-16(2)7-5-8-17(3)9-6-10-18(4)13-14-30-15-19(22(29)25-23)24-20(26)11-12-21(27)28/h7,9,13,19H,5-6,8,10-12,14-15,23H2,1-4H3,(H,24,26)(H,25,29)(H,27,28)/b17-9+,18-13+. The summed E-state index contributed by atoms with van der Waals surface area (Å²) in [5.41, 5.74) is 6.07. The number of carbonyl (C=O) groups is 3. The summed E-state index contributed by atoms with van der Waals surface area (Å²) in [6, 6.07) is -0.790. The van der Waals surface area contributed by atoms with Gasteiger partial charge in [-0.1, -0.05) is 34.9 Å². The molecule has 1 unspecified atom stereocenters. The minimum atomic E-state index is -1.06. The fourth-order valence-corrected chi connectivity index (χ4v) is 3.51. The number of amides is 2. The zero-order chi connectivity index (χ0) is 22.9. The Bertz CT molecular complexity index is 653. The van der Waals surface area contributed by atoms with Crippen molar-refractivity contribution in [1.29, 1.82) is 0 Å². The van der Waals surface area contributed by atoms with Gasteiger partial charge in [0.2, 0.25) is 5.91 Å². The van der Waals surface area contributed by atoms with E-state index < -0.39 is 23.8 Å². The van der Waals surface area contributed by atoms with Gasteiger partial charge in [-0.05, 0) is 53.4 Å². The zero-order valence-corrected chi connectivity index (χ0v) is 19.4. The van der Waals surface area contributed by atoms with E-state index in [-0.39, 0.29) is 12.8 Å². The van der Waals surface area contributed by atoms with Crippen LogP contribution < -0.4 is 16.6 Å². The van der Waals surface area contributed by atoms with E-state index in [1.807, 2.05) is 5.43 Å². The molecule has 8 heteroatoms. The molecule has 0 aromatic carbocycles. The van der Waals surface area contributed by atoms with Crippen LogP contribution in [0.2, 0.25) is 0 Å². The van der Waals surface area contributed by atoms with Gasteiger partial charge in [0.1, 0.15) is 6.04 Å². The Morgan fingerprint density at radius 1 is 0.933 bits per heavy atom. The summed E-state index contributed by atoms with van der Waals surface area (Å²) >= 11 is 1.51. The Morgan fingerprint density at radius 2 is 1.53 bits per heavy atom. The third-order valence-corrected chi connectivity index (χ3v) is 5.29. The van der Waals surface area contributed by atoms with Gasteiger partial charge in [0.05, 0.1) is 6.42 Å². The smallest absolute Gasteiger partial charge is 0.303 e. The molecule has 0 fully saturated rings. The molecule has 0 aliphatic rings. The minimum absolute atomic E-state index is 0.172. The molecule has 7 nitrogen and oxygen atoms in total. The first-order chi connectivity index (χ1) is 14.1. The summed E-state index contributed by atoms with van der Waals surface area (Å²) in [5.74, 6) is 4.21. The van der Waals surface area contributed by atoms with Crippen molar-refractivity contribution < 1.29 is 19.5 Å². The number of allylic oxidation sites excluding steroid dienone is 5. The molecule has 0 bridgehead atoms. The average molecular weight is 440 g/mol. The highest BCUT2D eigenvalue weighted by Gasteiger charge is 2.20. The third-order valence-electron chi connectivity index (χ3n) is 4.32. The lowest BCUT2D eigenvalue weighted by Gasteiger charge is -2.16. The molecule has 5 N–H and O–H groups in total. The van der Waals surface area contributed by atoms with E-state index in [0.29, 0.717) is 11.5 Å². The van der Waals surface area contributed by atoms with Crippen LogP contribution in [0.1, 0.15) is 66.2 Å². The van der Waals surface area contributed by atoms with Crippen LogP contribution in [0.15, 0.2) is 34.9 Å². The van der Waals surface area contributed by atoms with E-state index in [1.165, 1.54) is 28.5 Å². The molecule has 0 spiro atoms. The Balaban J connectivity index is 4.32. The summed E-state index contributed by atoms with van der Waals surface area (Å²) in [6.45, 7) is 8.48. The molecule has 2 amide bonds. The monoisotopic (exact) mass is 439 g/mol. The van der Waals surface area contributed by atoms with Crippen molar-refractivity contribution in [2.24, 2.45) is 5.84 Å². The van der Waals surface area contributed by atoms with Gasteiger partial charge >= 0.3 is 5.97 Å². The van der Waals surface area contributed by atoms with E-state index in [1.54, 1.807) is 0 Å². The second-order valence-electron chi connectivity index (χ2n) is 7.52. The number of hydrogen-bond donors (Lipinski definition) is 4. The lowest BCUT2D eigenvalue weighted by Crippen LogP contribution is -2.50. The summed E-state index contributed by atoms with van der Waals surface area (Å²) in [7, 11) is 0. The van der Waals surface area contributed by atoms with Gasteiger partial charge in [-0.25, -0.2) is 5.84 Å². The number of carbonyl (C=O) groups excluding carboxylic acids is 2. The van der Waals surface area contributed by atoms with Crippen molar-refractivity contribution in [3.63, 3.8) is 0 Å². The van der Waals surface area contributed by atoms with Crippen LogP contribution in [0.5, 0.6) is 0 Å². The number of hydrazine groups is 1. The normalized spacial score (nSPS) is 12.8. The average Bonchev–Trinajstić information content (AvgIpc) is 2.67. The van der Waals surface area contributed by atoms with Crippen molar-refractivity contribution in [2.75, 3.05) is 11.5 Å². The first kappa shape index (κ1) is 27.9. The van der Waals surface area contributed by atoms with Gasteiger partial charge in [-0.3, -0.25) is 19.8 Å². The molecular weight excluding hydrogens is 402 g/mol. The molecule has 0 heterocycles. The Kier molecular flexibility index (Phi) is 15.6. The number of nitrogens with one attached hydrogen (secondary N) is 2. The highest BCUT2D eigenvalue weighted by atomic mass is 32.2. The third kappa shape index (κ3) is 15.8. The van der Waals surface area contributed by atoms with Gasteiger partial charge < -0.3 is 10.4 Å².